The van der Waals surface area contributed by atoms with Gasteiger partial charge in [0.2, 0.25) is 0 Å². The molecule has 0 saturated heterocycles. The number of nitrogens with zero attached hydrogens (tertiary/aromatic N) is 3. The van der Waals surface area contributed by atoms with Crippen molar-refractivity contribution >= 4 is 0 Å². The van der Waals surface area contributed by atoms with Gasteiger partial charge >= 0.3 is 0 Å². The first-order valence-corrected chi connectivity index (χ1v) is 8.50. The quantitative estimate of drug-likeness (QED) is 0.549. The van der Waals surface area contributed by atoms with Gasteiger partial charge in [-0.15, -0.1) is 0 Å². The van der Waals surface area contributed by atoms with Crippen LogP contribution in [0.25, 0.3) is 28.1 Å². The lowest BCUT2D eigenvalue weighted by molar-refractivity contribution is 1.00. The van der Waals surface area contributed by atoms with Crippen LogP contribution in [0, 0.1) is 11.3 Å². The van der Waals surface area contributed by atoms with Crippen LogP contribution in [-0.4, -0.2) is 9.55 Å². The summed E-state index contributed by atoms with van der Waals surface area (Å²) in [5.41, 5.74) is 4.23. The summed E-state index contributed by atoms with van der Waals surface area (Å²) in [6, 6.07) is 26.2. The molecule has 4 aromatic rings. The molecule has 4 rings (SSSR count). The first kappa shape index (κ1) is 16.5. The first-order chi connectivity index (χ1) is 13.3. The summed E-state index contributed by atoms with van der Waals surface area (Å²) in [6.45, 7) is 0. The third-order valence-electron chi connectivity index (χ3n) is 4.38. The second kappa shape index (κ2) is 7.11. The van der Waals surface area contributed by atoms with E-state index in [1.54, 1.807) is 41.2 Å². The van der Waals surface area contributed by atoms with Gasteiger partial charge in [-0.1, -0.05) is 30.3 Å². The summed E-state index contributed by atoms with van der Waals surface area (Å²) < 4.78 is 1.70. The summed E-state index contributed by atoms with van der Waals surface area (Å²) in [4.78, 5) is 17.6. The van der Waals surface area contributed by atoms with E-state index in [0.29, 0.717) is 11.1 Å². The van der Waals surface area contributed by atoms with Crippen molar-refractivity contribution in [2.24, 2.45) is 0 Å². The van der Waals surface area contributed by atoms with Crippen LogP contribution in [0.3, 0.4) is 0 Å². The second-order valence-electron chi connectivity index (χ2n) is 6.04. The van der Waals surface area contributed by atoms with Crippen LogP contribution < -0.4 is 5.56 Å². The highest BCUT2D eigenvalue weighted by Crippen LogP contribution is 2.24. The van der Waals surface area contributed by atoms with Crippen molar-refractivity contribution in [2.45, 2.75) is 0 Å². The molecule has 2 aromatic carbocycles. The predicted molar refractivity (Wildman–Crippen MR) is 105 cm³/mol. The Morgan fingerprint density at radius 2 is 1.59 bits per heavy atom. The number of nitriles is 1. The van der Waals surface area contributed by atoms with Gasteiger partial charge in [0.25, 0.3) is 5.56 Å². The molecule has 27 heavy (non-hydrogen) atoms. The molecule has 0 aliphatic rings. The number of para-hydroxylation sites is 1. The van der Waals surface area contributed by atoms with Crippen LogP contribution >= 0.6 is 0 Å². The van der Waals surface area contributed by atoms with Gasteiger partial charge in [-0.3, -0.25) is 14.3 Å². The largest absolute Gasteiger partial charge is 0.276 e. The molecule has 4 heteroatoms. The lowest BCUT2D eigenvalue weighted by atomic mass is 10.0. The maximum Gasteiger partial charge on any atom is 0.263 e. The van der Waals surface area contributed by atoms with Crippen molar-refractivity contribution in [1.82, 2.24) is 9.55 Å². The van der Waals surface area contributed by atoms with Crippen molar-refractivity contribution in [3.05, 3.63) is 107 Å². The van der Waals surface area contributed by atoms with E-state index < -0.39 is 0 Å². The van der Waals surface area contributed by atoms with Gasteiger partial charge in [0, 0.05) is 29.2 Å². The van der Waals surface area contributed by atoms with Gasteiger partial charge in [0.05, 0.1) is 17.3 Å². The normalized spacial score (nSPS) is 10.3. The maximum absolute atomic E-state index is 13.4. The zero-order valence-corrected chi connectivity index (χ0v) is 14.4. The fourth-order valence-electron chi connectivity index (χ4n) is 3.05. The molecule has 0 saturated carbocycles. The van der Waals surface area contributed by atoms with Crippen molar-refractivity contribution in [1.29, 1.82) is 5.26 Å². The molecular weight excluding hydrogens is 334 g/mol. The van der Waals surface area contributed by atoms with E-state index in [1.807, 2.05) is 54.6 Å². The zero-order chi connectivity index (χ0) is 18.6. The minimum Gasteiger partial charge on any atom is -0.276 e. The van der Waals surface area contributed by atoms with Gasteiger partial charge < -0.3 is 0 Å². The first-order valence-electron chi connectivity index (χ1n) is 8.50. The van der Waals surface area contributed by atoms with E-state index in [2.05, 4.69) is 11.1 Å². The number of rotatable bonds is 3. The van der Waals surface area contributed by atoms with Crippen molar-refractivity contribution in [3.8, 4) is 34.1 Å². The number of hydrogen-bond donors (Lipinski definition) is 0. The molecule has 2 aromatic heterocycles. The van der Waals surface area contributed by atoms with Crippen LogP contribution in [-0.2, 0) is 0 Å². The number of benzene rings is 2. The van der Waals surface area contributed by atoms with Gasteiger partial charge in [0.1, 0.15) is 0 Å². The Morgan fingerprint density at radius 1 is 0.815 bits per heavy atom. The highest BCUT2D eigenvalue weighted by molar-refractivity contribution is 5.69. The summed E-state index contributed by atoms with van der Waals surface area (Å²) in [6.07, 6.45) is 3.45. The molecule has 4 nitrogen and oxygen atoms in total. The van der Waals surface area contributed by atoms with Crippen molar-refractivity contribution < 1.29 is 0 Å². The van der Waals surface area contributed by atoms with Gasteiger partial charge in [-0.25, -0.2) is 0 Å². The zero-order valence-electron chi connectivity index (χ0n) is 14.4. The van der Waals surface area contributed by atoms with Crippen LogP contribution in [0.1, 0.15) is 5.56 Å². The number of aromatic nitrogens is 2. The standard InChI is InChI=1S/C23H15N3O/c24-15-17-8-10-18(11-9-17)21-12-13-22(19-5-4-14-25-16-19)26(23(21)27)20-6-2-1-3-7-20/h1-14,16H. The van der Waals surface area contributed by atoms with Gasteiger partial charge in [0.15, 0.2) is 0 Å². The Bertz CT molecular complexity index is 1170. The lowest BCUT2D eigenvalue weighted by Crippen LogP contribution is -2.21. The summed E-state index contributed by atoms with van der Waals surface area (Å²) in [5, 5.41) is 8.99. The number of pyridine rings is 2. The molecule has 0 aliphatic carbocycles. The summed E-state index contributed by atoms with van der Waals surface area (Å²) in [5.74, 6) is 0. The molecule has 2 heterocycles. The van der Waals surface area contributed by atoms with E-state index >= 15 is 0 Å². The highest BCUT2D eigenvalue weighted by Gasteiger charge is 2.13. The average molecular weight is 349 g/mol. The van der Waals surface area contributed by atoms with E-state index in [-0.39, 0.29) is 5.56 Å². The van der Waals surface area contributed by atoms with E-state index in [1.165, 1.54) is 0 Å². The number of hydrogen-bond acceptors (Lipinski definition) is 3. The Balaban J connectivity index is 1.97. The molecule has 0 spiro atoms. The van der Waals surface area contributed by atoms with Crippen LogP contribution in [0.4, 0.5) is 0 Å². The molecule has 0 amide bonds. The lowest BCUT2D eigenvalue weighted by Gasteiger charge is -2.15. The Kier molecular flexibility index (Phi) is 4.34. The molecular formula is C23H15N3O. The molecule has 0 fully saturated rings. The summed E-state index contributed by atoms with van der Waals surface area (Å²) in [7, 11) is 0. The fourth-order valence-corrected chi connectivity index (χ4v) is 3.05. The fraction of sp³-hybridized carbons (Fsp3) is 0. The third-order valence-corrected chi connectivity index (χ3v) is 4.38. The third kappa shape index (κ3) is 3.14. The van der Waals surface area contributed by atoms with E-state index in [9.17, 15) is 4.79 Å². The monoisotopic (exact) mass is 349 g/mol. The molecule has 0 bridgehead atoms. The van der Waals surface area contributed by atoms with E-state index in [4.69, 9.17) is 5.26 Å². The van der Waals surface area contributed by atoms with Crippen molar-refractivity contribution in [3.63, 3.8) is 0 Å². The van der Waals surface area contributed by atoms with Gasteiger partial charge in [-0.2, -0.15) is 5.26 Å². The Hall–Kier alpha value is -3.97. The highest BCUT2D eigenvalue weighted by atomic mass is 16.1. The molecule has 0 unspecified atom stereocenters. The summed E-state index contributed by atoms with van der Waals surface area (Å²) >= 11 is 0. The van der Waals surface area contributed by atoms with Crippen LogP contribution in [0.15, 0.2) is 96.1 Å². The van der Waals surface area contributed by atoms with Crippen molar-refractivity contribution in [2.75, 3.05) is 0 Å². The van der Waals surface area contributed by atoms with Crippen LogP contribution in [0.5, 0.6) is 0 Å². The predicted octanol–water partition coefficient (Wildman–Crippen LogP) is 4.44. The molecule has 0 N–H and O–H groups in total. The van der Waals surface area contributed by atoms with Crippen LogP contribution in [0.2, 0.25) is 0 Å². The minimum atomic E-state index is -0.118. The topological polar surface area (TPSA) is 58.7 Å². The minimum absolute atomic E-state index is 0.118. The maximum atomic E-state index is 13.4. The van der Waals surface area contributed by atoms with Gasteiger partial charge in [-0.05, 0) is 54.1 Å². The molecule has 0 aliphatic heterocycles. The average Bonchev–Trinajstić information content (AvgIpc) is 2.75. The SMILES string of the molecule is N#Cc1ccc(-c2ccc(-c3cccnc3)n(-c3ccccc3)c2=O)cc1. The Labute approximate surface area is 156 Å². The second-order valence-corrected chi connectivity index (χ2v) is 6.04. The smallest absolute Gasteiger partial charge is 0.263 e. The van der Waals surface area contributed by atoms with E-state index in [0.717, 1.165) is 22.5 Å². The molecule has 128 valence electrons. The Morgan fingerprint density at radius 3 is 2.26 bits per heavy atom. The molecule has 0 radical (unpaired) electrons. The molecule has 0 atom stereocenters.